The Morgan fingerprint density at radius 3 is 0.964 bits per heavy atom. The Balaban J connectivity index is 1.30. The van der Waals surface area contributed by atoms with Crippen molar-refractivity contribution in [2.75, 3.05) is 26.4 Å². The van der Waals surface area contributed by atoms with E-state index >= 15 is 0 Å². The first kappa shape index (κ1) is 104. The summed E-state index contributed by atoms with van der Waals surface area (Å²) in [6.45, 7) is 1.75. The first-order chi connectivity index (χ1) is 54.8. The predicted octanol–water partition coefficient (Wildman–Crippen LogP) is 18.1. The fraction of sp³-hybridized carbons (Fsp3) is 0.882. The average Bonchev–Trinajstić information content (AvgIpc) is 0.781. The SMILES string of the molecule is CC/C=C\C/C=C\C/C=C\C/C=C\C/C=C\CCCCCCCCCCCCCCCCCCCCCCCC(=O)NC(COC1OC(CO)C(OC2OC(CO)C(OC3OC(CO)C(O)C(O)C3O)C(O)C2O)C(O)C1O)C(O)CCCCCCCCCCCCCCCCCCCCCCCCCCCCCCCC. The van der Waals surface area contributed by atoms with Crippen LogP contribution in [0.15, 0.2) is 60.8 Å². The summed E-state index contributed by atoms with van der Waals surface area (Å²) in [5.41, 5.74) is 0. The molecule has 0 spiro atoms. The topological polar surface area (TPSA) is 307 Å². The Hall–Kier alpha value is -2.51. The van der Waals surface area contributed by atoms with Gasteiger partial charge in [0.05, 0.1) is 38.6 Å². The molecule has 0 aromatic heterocycles. The van der Waals surface area contributed by atoms with Crippen LogP contribution < -0.4 is 5.32 Å². The molecule has 3 aliphatic rings. The molecule has 3 aliphatic heterocycles. The average molecular weight is 1590 g/mol. The Bertz CT molecular complexity index is 2250. The monoisotopic (exact) mass is 1590 g/mol. The van der Waals surface area contributed by atoms with Crippen molar-refractivity contribution in [3.8, 4) is 0 Å². The minimum Gasteiger partial charge on any atom is -0.394 e. The van der Waals surface area contributed by atoms with Crippen molar-refractivity contribution in [1.82, 2.24) is 5.32 Å². The molecule has 17 atom stereocenters. The van der Waals surface area contributed by atoms with Gasteiger partial charge in [0.15, 0.2) is 18.9 Å². The lowest BCUT2D eigenvalue weighted by molar-refractivity contribution is -0.379. The number of carbonyl (C=O) groups is 1. The van der Waals surface area contributed by atoms with E-state index in [9.17, 15) is 61.0 Å². The molecule has 19 heteroatoms. The summed E-state index contributed by atoms with van der Waals surface area (Å²) in [7, 11) is 0. The lowest BCUT2D eigenvalue weighted by atomic mass is 9.96. The molecule has 0 radical (unpaired) electrons. The fourth-order valence-corrected chi connectivity index (χ4v) is 15.8. The van der Waals surface area contributed by atoms with Gasteiger partial charge in [0.25, 0.3) is 0 Å². The maximum Gasteiger partial charge on any atom is 0.220 e. The zero-order chi connectivity index (χ0) is 81.0. The van der Waals surface area contributed by atoms with Crippen LogP contribution in [0.5, 0.6) is 0 Å². The summed E-state index contributed by atoms with van der Waals surface area (Å²) in [6.07, 6.45) is 69.1. The molecule has 0 aliphatic carbocycles. The zero-order valence-corrected chi connectivity index (χ0v) is 70.9. The number of ether oxygens (including phenoxy) is 6. The van der Waals surface area contributed by atoms with Gasteiger partial charge in [-0.3, -0.25) is 4.79 Å². The predicted molar refractivity (Wildman–Crippen MR) is 452 cm³/mol. The molecule has 3 saturated heterocycles. The van der Waals surface area contributed by atoms with Crippen molar-refractivity contribution < 1.29 is 89.4 Å². The standard InChI is InChI=1S/C93H171NO18/c1-3-5-7-9-11-13-15-17-19-21-23-25-27-29-31-33-35-36-37-38-39-40-41-43-45-47-49-51-53-55-57-59-61-63-65-67-69-71-81(99)94-76(77(98)70-68-66-64-62-60-58-56-54-52-50-48-46-44-42-34-32-30-28-26-24-22-20-18-16-14-12-10-8-6-4-2)75-107-91-87(105)84(102)89(79(73-96)109-91)112-93-88(106)85(103)90(80(74-97)110-93)111-92-86(104)83(101)82(100)78(72-95)108-92/h5,7,11,13,17,19,23,25,29,31,76-80,82-93,95-98,100-106H,3-4,6,8-10,12,14-16,18,20-22,24,26-28,30,32-75H2,1-2H3,(H,94,99)/b7-5-,13-11-,19-17-,25-23-,31-29-. The van der Waals surface area contributed by atoms with E-state index in [1.165, 1.54) is 283 Å². The first-order valence-corrected chi connectivity index (χ1v) is 46.5. The quantitative estimate of drug-likeness (QED) is 0.0199. The number of hydrogen-bond donors (Lipinski definition) is 12. The number of allylic oxidation sites excluding steroid dienone is 10. The summed E-state index contributed by atoms with van der Waals surface area (Å²) in [4.78, 5) is 13.6. The molecule has 1 amide bonds. The van der Waals surface area contributed by atoms with Crippen molar-refractivity contribution in [1.29, 1.82) is 0 Å². The van der Waals surface area contributed by atoms with E-state index in [1.807, 2.05) is 0 Å². The molecule has 12 N–H and O–H groups in total. The van der Waals surface area contributed by atoms with Crippen LogP contribution in [0.2, 0.25) is 0 Å². The van der Waals surface area contributed by atoms with Gasteiger partial charge in [0.2, 0.25) is 5.91 Å². The van der Waals surface area contributed by atoms with Gasteiger partial charge in [-0.2, -0.15) is 0 Å². The van der Waals surface area contributed by atoms with Crippen molar-refractivity contribution in [2.24, 2.45) is 0 Å². The lowest BCUT2D eigenvalue weighted by Gasteiger charge is -2.48. The number of hydrogen-bond acceptors (Lipinski definition) is 18. The van der Waals surface area contributed by atoms with E-state index in [0.29, 0.717) is 12.8 Å². The van der Waals surface area contributed by atoms with E-state index in [4.69, 9.17) is 28.4 Å². The summed E-state index contributed by atoms with van der Waals surface area (Å²) in [5, 5.41) is 121. The van der Waals surface area contributed by atoms with Gasteiger partial charge in [-0.25, -0.2) is 0 Å². The van der Waals surface area contributed by atoms with Crippen molar-refractivity contribution in [3.63, 3.8) is 0 Å². The fourth-order valence-electron chi connectivity index (χ4n) is 15.8. The molecule has 17 unspecified atom stereocenters. The van der Waals surface area contributed by atoms with Crippen LogP contribution in [0.4, 0.5) is 0 Å². The van der Waals surface area contributed by atoms with Gasteiger partial charge in [0, 0.05) is 6.42 Å². The molecule has 0 aromatic rings. The van der Waals surface area contributed by atoms with Crippen LogP contribution in [0, 0.1) is 0 Å². The van der Waals surface area contributed by atoms with E-state index in [0.717, 1.165) is 77.0 Å². The minimum atomic E-state index is -1.97. The van der Waals surface area contributed by atoms with Crippen LogP contribution in [0.25, 0.3) is 0 Å². The highest BCUT2D eigenvalue weighted by atomic mass is 16.8. The second-order valence-electron chi connectivity index (χ2n) is 33.1. The van der Waals surface area contributed by atoms with Crippen molar-refractivity contribution in [2.45, 2.75) is 497 Å². The number of unbranched alkanes of at least 4 members (excludes halogenated alkanes) is 50. The number of nitrogens with one attached hydrogen (secondary N) is 1. The second kappa shape index (κ2) is 72.5. The lowest BCUT2D eigenvalue weighted by Crippen LogP contribution is -2.66. The van der Waals surface area contributed by atoms with Crippen molar-refractivity contribution >= 4 is 5.91 Å². The third-order valence-electron chi connectivity index (χ3n) is 23.1. The summed E-state index contributed by atoms with van der Waals surface area (Å²) < 4.78 is 34.6. The Morgan fingerprint density at radius 2 is 0.616 bits per heavy atom. The number of aliphatic hydroxyl groups is 11. The van der Waals surface area contributed by atoms with Crippen LogP contribution in [-0.4, -0.2) is 193 Å². The Kier molecular flexibility index (Phi) is 67.1. The summed E-state index contributed by atoms with van der Waals surface area (Å²) in [5.74, 6) is -0.235. The van der Waals surface area contributed by atoms with Crippen LogP contribution in [0.3, 0.4) is 0 Å². The maximum atomic E-state index is 13.6. The molecule has 19 nitrogen and oxygen atoms in total. The number of rotatable bonds is 76. The molecular weight excluding hydrogens is 1420 g/mol. The van der Waals surface area contributed by atoms with Crippen LogP contribution in [0.1, 0.15) is 393 Å². The molecule has 3 rings (SSSR count). The Morgan fingerprint density at radius 1 is 0.330 bits per heavy atom. The second-order valence-corrected chi connectivity index (χ2v) is 33.1. The van der Waals surface area contributed by atoms with Crippen LogP contribution >= 0.6 is 0 Å². The Labute approximate surface area is 681 Å². The zero-order valence-electron chi connectivity index (χ0n) is 70.9. The van der Waals surface area contributed by atoms with Crippen LogP contribution in [-0.2, 0) is 33.2 Å². The van der Waals surface area contributed by atoms with Gasteiger partial charge in [-0.1, -0.05) is 389 Å². The highest BCUT2D eigenvalue weighted by molar-refractivity contribution is 5.76. The molecule has 656 valence electrons. The molecule has 0 bridgehead atoms. The highest BCUT2D eigenvalue weighted by Crippen LogP contribution is 2.34. The normalized spacial score (nSPS) is 25.2. The number of aliphatic hydroxyl groups excluding tert-OH is 11. The maximum absolute atomic E-state index is 13.6. The minimum absolute atomic E-state index is 0.235. The molecule has 0 saturated carbocycles. The first-order valence-electron chi connectivity index (χ1n) is 46.5. The van der Waals surface area contributed by atoms with Gasteiger partial charge in [0.1, 0.15) is 73.2 Å². The largest absolute Gasteiger partial charge is 0.394 e. The number of amides is 1. The summed E-state index contributed by atoms with van der Waals surface area (Å²) in [6, 6.07) is -0.890. The number of carbonyl (C=O) groups excluding carboxylic acids is 1. The third-order valence-corrected chi connectivity index (χ3v) is 23.1. The third kappa shape index (κ3) is 50.4. The van der Waals surface area contributed by atoms with Gasteiger partial charge in [-0.15, -0.1) is 0 Å². The van der Waals surface area contributed by atoms with E-state index in [2.05, 4.69) is 79.9 Å². The highest BCUT2D eigenvalue weighted by Gasteiger charge is 2.54. The van der Waals surface area contributed by atoms with E-state index in [-0.39, 0.29) is 18.9 Å². The summed E-state index contributed by atoms with van der Waals surface area (Å²) >= 11 is 0. The molecule has 112 heavy (non-hydrogen) atoms. The van der Waals surface area contributed by atoms with Crippen molar-refractivity contribution in [3.05, 3.63) is 60.8 Å². The van der Waals surface area contributed by atoms with Gasteiger partial charge >= 0.3 is 0 Å². The van der Waals surface area contributed by atoms with E-state index in [1.54, 1.807) is 0 Å². The molecular formula is C93H171NO18. The van der Waals surface area contributed by atoms with Gasteiger partial charge < -0.3 is 89.9 Å². The molecule has 3 heterocycles. The molecule has 3 fully saturated rings. The molecule has 0 aromatic carbocycles. The smallest absolute Gasteiger partial charge is 0.220 e. The van der Waals surface area contributed by atoms with E-state index < -0.39 is 124 Å². The van der Waals surface area contributed by atoms with Gasteiger partial charge in [-0.05, 0) is 57.8 Å².